The molecular weight excluding hydrogens is 220 g/mol. The molecule has 0 aliphatic carbocycles. The standard InChI is InChI=1S/C12H14N2O3/c1-3-15-10-6-5-9(7-11(10)16-4-2)12-14-13-8-17-12/h5-8H,3-4H2,1-2H3. The van der Waals surface area contributed by atoms with Gasteiger partial charge in [-0.1, -0.05) is 0 Å². The summed E-state index contributed by atoms with van der Waals surface area (Å²) in [6.07, 6.45) is 1.30. The van der Waals surface area contributed by atoms with Crippen molar-refractivity contribution in [2.75, 3.05) is 13.2 Å². The van der Waals surface area contributed by atoms with Gasteiger partial charge < -0.3 is 13.9 Å². The van der Waals surface area contributed by atoms with Crippen LogP contribution in [0.5, 0.6) is 11.5 Å². The molecule has 0 fully saturated rings. The van der Waals surface area contributed by atoms with Gasteiger partial charge in [-0.15, -0.1) is 10.2 Å². The fourth-order valence-electron chi connectivity index (χ4n) is 1.48. The molecule has 1 aromatic carbocycles. The number of aromatic nitrogens is 2. The van der Waals surface area contributed by atoms with Gasteiger partial charge in [0, 0.05) is 5.56 Å². The highest BCUT2D eigenvalue weighted by Crippen LogP contribution is 2.32. The lowest BCUT2D eigenvalue weighted by molar-refractivity contribution is 0.288. The molecule has 2 aromatic rings. The van der Waals surface area contributed by atoms with E-state index in [1.54, 1.807) is 0 Å². The summed E-state index contributed by atoms with van der Waals surface area (Å²) in [6, 6.07) is 5.54. The number of rotatable bonds is 5. The Morgan fingerprint density at radius 3 is 2.53 bits per heavy atom. The molecule has 0 unspecified atom stereocenters. The Morgan fingerprint density at radius 2 is 1.88 bits per heavy atom. The van der Waals surface area contributed by atoms with Gasteiger partial charge in [0.25, 0.3) is 0 Å². The zero-order chi connectivity index (χ0) is 12.1. The van der Waals surface area contributed by atoms with Crippen molar-refractivity contribution >= 4 is 0 Å². The van der Waals surface area contributed by atoms with Crippen LogP contribution in [0.25, 0.3) is 11.5 Å². The van der Waals surface area contributed by atoms with Gasteiger partial charge in [0.2, 0.25) is 12.3 Å². The van der Waals surface area contributed by atoms with Gasteiger partial charge in [-0.05, 0) is 32.0 Å². The van der Waals surface area contributed by atoms with Crippen LogP contribution in [0.2, 0.25) is 0 Å². The third-order valence-corrected chi connectivity index (χ3v) is 2.15. The molecule has 5 heteroatoms. The Morgan fingerprint density at radius 1 is 1.12 bits per heavy atom. The van der Waals surface area contributed by atoms with E-state index in [0.717, 1.165) is 11.3 Å². The highest BCUT2D eigenvalue weighted by atomic mass is 16.5. The van der Waals surface area contributed by atoms with Gasteiger partial charge in [-0.25, -0.2) is 0 Å². The minimum Gasteiger partial charge on any atom is -0.490 e. The average molecular weight is 234 g/mol. The Kier molecular flexibility index (Phi) is 3.59. The van der Waals surface area contributed by atoms with Crippen LogP contribution in [0, 0.1) is 0 Å². The fraction of sp³-hybridized carbons (Fsp3) is 0.333. The van der Waals surface area contributed by atoms with Crippen LogP contribution < -0.4 is 9.47 Å². The molecule has 0 radical (unpaired) electrons. The number of hydrogen-bond acceptors (Lipinski definition) is 5. The van der Waals surface area contributed by atoms with E-state index in [2.05, 4.69) is 10.2 Å². The normalized spacial score (nSPS) is 10.2. The lowest BCUT2D eigenvalue weighted by atomic mass is 10.2. The zero-order valence-corrected chi connectivity index (χ0v) is 9.84. The maximum absolute atomic E-state index is 5.51. The average Bonchev–Trinajstić information content (AvgIpc) is 2.85. The topological polar surface area (TPSA) is 57.4 Å². The lowest BCUT2D eigenvalue weighted by Crippen LogP contribution is -1.98. The van der Waals surface area contributed by atoms with Crippen molar-refractivity contribution in [2.24, 2.45) is 0 Å². The van der Waals surface area contributed by atoms with Crippen LogP contribution >= 0.6 is 0 Å². The molecule has 0 saturated heterocycles. The molecular formula is C12H14N2O3. The minimum atomic E-state index is 0.467. The van der Waals surface area contributed by atoms with E-state index < -0.39 is 0 Å². The molecule has 0 bridgehead atoms. The largest absolute Gasteiger partial charge is 0.490 e. The van der Waals surface area contributed by atoms with Gasteiger partial charge in [-0.2, -0.15) is 0 Å². The number of hydrogen-bond donors (Lipinski definition) is 0. The Balaban J connectivity index is 2.34. The third-order valence-electron chi connectivity index (χ3n) is 2.15. The first-order valence-corrected chi connectivity index (χ1v) is 5.51. The van der Waals surface area contributed by atoms with Crippen molar-refractivity contribution in [3.05, 3.63) is 24.6 Å². The molecule has 1 aromatic heterocycles. The number of benzene rings is 1. The first-order valence-electron chi connectivity index (χ1n) is 5.51. The van der Waals surface area contributed by atoms with Gasteiger partial charge in [0.05, 0.1) is 13.2 Å². The summed E-state index contributed by atoms with van der Waals surface area (Å²) in [5, 5.41) is 7.49. The lowest BCUT2D eigenvalue weighted by Gasteiger charge is -2.11. The van der Waals surface area contributed by atoms with E-state index in [4.69, 9.17) is 13.9 Å². The molecule has 0 amide bonds. The monoisotopic (exact) mass is 234 g/mol. The molecule has 0 atom stereocenters. The van der Waals surface area contributed by atoms with E-state index >= 15 is 0 Å². The van der Waals surface area contributed by atoms with E-state index in [9.17, 15) is 0 Å². The molecule has 0 spiro atoms. The van der Waals surface area contributed by atoms with Gasteiger partial charge in [0.15, 0.2) is 11.5 Å². The van der Waals surface area contributed by atoms with E-state index in [1.807, 2.05) is 32.0 Å². The van der Waals surface area contributed by atoms with E-state index in [-0.39, 0.29) is 0 Å². The van der Waals surface area contributed by atoms with Crippen LogP contribution in [-0.4, -0.2) is 23.4 Å². The molecule has 5 nitrogen and oxygen atoms in total. The molecule has 0 aliphatic heterocycles. The number of nitrogens with zero attached hydrogens (tertiary/aromatic N) is 2. The van der Waals surface area contributed by atoms with Crippen LogP contribution in [0.15, 0.2) is 29.0 Å². The fourth-order valence-corrected chi connectivity index (χ4v) is 1.48. The van der Waals surface area contributed by atoms with Crippen LogP contribution in [0.1, 0.15) is 13.8 Å². The summed E-state index contributed by atoms with van der Waals surface area (Å²) in [4.78, 5) is 0. The summed E-state index contributed by atoms with van der Waals surface area (Å²) in [5.74, 6) is 1.87. The molecule has 0 saturated carbocycles. The van der Waals surface area contributed by atoms with Gasteiger partial charge in [0.1, 0.15) is 0 Å². The van der Waals surface area contributed by atoms with Gasteiger partial charge >= 0.3 is 0 Å². The maximum Gasteiger partial charge on any atom is 0.247 e. The maximum atomic E-state index is 5.51. The minimum absolute atomic E-state index is 0.467. The predicted molar refractivity (Wildman–Crippen MR) is 62.1 cm³/mol. The van der Waals surface area contributed by atoms with Crippen molar-refractivity contribution in [3.8, 4) is 23.0 Å². The molecule has 0 aliphatic rings. The highest BCUT2D eigenvalue weighted by molar-refractivity contribution is 5.59. The van der Waals surface area contributed by atoms with Crippen molar-refractivity contribution in [3.63, 3.8) is 0 Å². The van der Waals surface area contributed by atoms with E-state index in [0.29, 0.717) is 24.9 Å². The Bertz CT molecular complexity index is 469. The summed E-state index contributed by atoms with van der Waals surface area (Å²) in [5.41, 5.74) is 0.814. The molecule has 90 valence electrons. The second-order valence-corrected chi connectivity index (χ2v) is 3.27. The molecule has 1 heterocycles. The van der Waals surface area contributed by atoms with Gasteiger partial charge in [-0.3, -0.25) is 0 Å². The summed E-state index contributed by atoms with van der Waals surface area (Å²) < 4.78 is 16.1. The van der Waals surface area contributed by atoms with Crippen molar-refractivity contribution in [2.45, 2.75) is 13.8 Å². The third kappa shape index (κ3) is 2.55. The summed E-state index contributed by atoms with van der Waals surface area (Å²) >= 11 is 0. The first-order chi connectivity index (χ1) is 8.35. The van der Waals surface area contributed by atoms with Crippen molar-refractivity contribution in [1.29, 1.82) is 0 Å². The second-order valence-electron chi connectivity index (χ2n) is 3.27. The van der Waals surface area contributed by atoms with E-state index in [1.165, 1.54) is 6.39 Å². The Hall–Kier alpha value is -2.04. The SMILES string of the molecule is CCOc1ccc(-c2nnco2)cc1OCC. The van der Waals surface area contributed by atoms with Crippen molar-refractivity contribution in [1.82, 2.24) is 10.2 Å². The smallest absolute Gasteiger partial charge is 0.247 e. The summed E-state index contributed by atoms with van der Waals surface area (Å²) in [7, 11) is 0. The number of ether oxygens (including phenoxy) is 2. The molecule has 2 rings (SSSR count). The molecule has 0 N–H and O–H groups in total. The summed E-state index contributed by atoms with van der Waals surface area (Å²) in [6.45, 7) is 5.03. The van der Waals surface area contributed by atoms with Crippen LogP contribution in [0.3, 0.4) is 0 Å². The van der Waals surface area contributed by atoms with Crippen LogP contribution in [0.4, 0.5) is 0 Å². The van der Waals surface area contributed by atoms with Crippen LogP contribution in [-0.2, 0) is 0 Å². The van der Waals surface area contributed by atoms with Crippen molar-refractivity contribution < 1.29 is 13.9 Å². The highest BCUT2D eigenvalue weighted by Gasteiger charge is 2.10. The first kappa shape index (κ1) is 11.4. The molecule has 17 heavy (non-hydrogen) atoms. The Labute approximate surface area is 99.4 Å². The second kappa shape index (κ2) is 5.34. The predicted octanol–water partition coefficient (Wildman–Crippen LogP) is 2.53. The quantitative estimate of drug-likeness (QED) is 0.795. The zero-order valence-electron chi connectivity index (χ0n) is 9.84.